The molecule has 0 spiro atoms. The molecule has 2 aromatic heterocycles. The Bertz CT molecular complexity index is 433. The van der Waals surface area contributed by atoms with Crippen LogP contribution in [0.2, 0.25) is 0 Å². The average molecular weight is 235 g/mol. The Morgan fingerprint density at radius 1 is 1.31 bits per heavy atom. The van der Waals surface area contributed by atoms with E-state index < -0.39 is 0 Å². The third kappa shape index (κ3) is 2.33. The molecule has 0 saturated heterocycles. The normalized spacial score (nSPS) is 14.9. The second kappa shape index (κ2) is 4.80. The fraction of sp³-hybridized carbons (Fsp3) is 0.417. The third-order valence-electron chi connectivity index (χ3n) is 2.77. The van der Waals surface area contributed by atoms with E-state index in [1.54, 1.807) is 11.3 Å². The number of aryl methyl sites for hydroxylation is 1. The molecular weight excluding hydrogens is 218 g/mol. The van der Waals surface area contributed by atoms with Gasteiger partial charge in [0.05, 0.1) is 5.69 Å². The van der Waals surface area contributed by atoms with Crippen molar-refractivity contribution in [3.8, 4) is 0 Å². The number of thiophene rings is 1. The molecule has 2 rings (SSSR count). The Hall–Kier alpha value is -1.13. The van der Waals surface area contributed by atoms with Crippen LogP contribution in [-0.2, 0) is 7.05 Å². The quantitative estimate of drug-likeness (QED) is 0.883. The van der Waals surface area contributed by atoms with E-state index in [4.69, 9.17) is 0 Å². The van der Waals surface area contributed by atoms with Crippen LogP contribution in [0.3, 0.4) is 0 Å². The number of rotatable bonds is 4. The molecule has 0 fully saturated rings. The molecule has 0 amide bonds. The molecule has 3 nitrogen and oxygen atoms in total. The topological polar surface area (TPSA) is 29.9 Å². The minimum atomic E-state index is 0.310. The standard InChI is InChI=1S/C12H17N3S/c1-9(11-6-7-13-15(11)3)14-10(2)12-5-4-8-16-12/h4-10,14H,1-3H3. The van der Waals surface area contributed by atoms with Gasteiger partial charge in [-0.1, -0.05) is 6.07 Å². The van der Waals surface area contributed by atoms with Gasteiger partial charge >= 0.3 is 0 Å². The number of aromatic nitrogens is 2. The van der Waals surface area contributed by atoms with E-state index in [2.05, 4.69) is 47.8 Å². The van der Waals surface area contributed by atoms with Crippen molar-refractivity contribution in [3.05, 3.63) is 40.3 Å². The maximum atomic E-state index is 4.19. The van der Waals surface area contributed by atoms with Crippen LogP contribution in [0.1, 0.15) is 36.5 Å². The van der Waals surface area contributed by atoms with Crippen LogP contribution < -0.4 is 5.32 Å². The number of hydrogen-bond acceptors (Lipinski definition) is 3. The first-order chi connectivity index (χ1) is 7.68. The molecule has 2 heterocycles. The molecule has 1 N–H and O–H groups in total. The number of nitrogens with zero attached hydrogens (tertiary/aromatic N) is 2. The van der Waals surface area contributed by atoms with E-state index in [1.165, 1.54) is 10.6 Å². The average Bonchev–Trinajstić information content (AvgIpc) is 2.86. The molecule has 4 heteroatoms. The van der Waals surface area contributed by atoms with Crippen molar-refractivity contribution >= 4 is 11.3 Å². The van der Waals surface area contributed by atoms with Gasteiger partial charge in [0, 0.05) is 30.2 Å². The van der Waals surface area contributed by atoms with Crippen LogP contribution in [0, 0.1) is 0 Å². The second-order valence-electron chi connectivity index (χ2n) is 4.01. The first-order valence-corrected chi connectivity index (χ1v) is 6.34. The summed E-state index contributed by atoms with van der Waals surface area (Å²) in [6, 6.07) is 7.00. The van der Waals surface area contributed by atoms with Crippen LogP contribution in [0.5, 0.6) is 0 Å². The lowest BCUT2D eigenvalue weighted by Crippen LogP contribution is -2.23. The summed E-state index contributed by atoms with van der Waals surface area (Å²) in [4.78, 5) is 1.37. The fourth-order valence-corrected chi connectivity index (χ4v) is 2.63. The molecule has 0 saturated carbocycles. The summed E-state index contributed by atoms with van der Waals surface area (Å²) in [5, 5.41) is 9.88. The lowest BCUT2D eigenvalue weighted by atomic mass is 10.2. The monoisotopic (exact) mass is 235 g/mol. The lowest BCUT2D eigenvalue weighted by Gasteiger charge is -2.19. The Kier molecular flexibility index (Phi) is 3.41. The zero-order valence-corrected chi connectivity index (χ0v) is 10.7. The van der Waals surface area contributed by atoms with E-state index in [-0.39, 0.29) is 0 Å². The molecule has 2 unspecified atom stereocenters. The van der Waals surface area contributed by atoms with Gasteiger partial charge in [-0.25, -0.2) is 0 Å². The fourth-order valence-electron chi connectivity index (χ4n) is 1.89. The van der Waals surface area contributed by atoms with Gasteiger partial charge in [-0.15, -0.1) is 11.3 Å². The summed E-state index contributed by atoms with van der Waals surface area (Å²) in [6.45, 7) is 4.36. The van der Waals surface area contributed by atoms with Gasteiger partial charge in [-0.3, -0.25) is 4.68 Å². The summed E-state index contributed by atoms with van der Waals surface area (Å²) in [5.74, 6) is 0. The predicted molar refractivity (Wildman–Crippen MR) is 67.5 cm³/mol. The highest BCUT2D eigenvalue weighted by atomic mass is 32.1. The Balaban J connectivity index is 2.03. The molecular formula is C12H17N3S. The largest absolute Gasteiger partial charge is 0.301 e. The van der Waals surface area contributed by atoms with Gasteiger partial charge in [0.15, 0.2) is 0 Å². The predicted octanol–water partition coefficient (Wildman–Crippen LogP) is 2.89. The van der Waals surface area contributed by atoms with E-state index >= 15 is 0 Å². The van der Waals surface area contributed by atoms with Crippen molar-refractivity contribution in [2.75, 3.05) is 0 Å². The summed E-state index contributed by atoms with van der Waals surface area (Å²) < 4.78 is 1.92. The molecule has 0 aromatic carbocycles. The SMILES string of the molecule is CC(NC(C)c1ccnn1C)c1cccs1. The van der Waals surface area contributed by atoms with Crippen molar-refractivity contribution in [1.82, 2.24) is 15.1 Å². The van der Waals surface area contributed by atoms with Crippen LogP contribution in [0.4, 0.5) is 0 Å². The van der Waals surface area contributed by atoms with Crippen molar-refractivity contribution in [2.45, 2.75) is 25.9 Å². The first-order valence-electron chi connectivity index (χ1n) is 5.46. The Labute approximate surface area is 100 Å². The van der Waals surface area contributed by atoms with Crippen molar-refractivity contribution < 1.29 is 0 Å². The van der Waals surface area contributed by atoms with Crippen molar-refractivity contribution in [1.29, 1.82) is 0 Å². The maximum absolute atomic E-state index is 4.19. The molecule has 0 aliphatic rings. The van der Waals surface area contributed by atoms with Gasteiger partial charge in [0.1, 0.15) is 0 Å². The van der Waals surface area contributed by atoms with E-state index in [1.807, 2.05) is 17.9 Å². The Morgan fingerprint density at radius 3 is 2.69 bits per heavy atom. The van der Waals surface area contributed by atoms with Crippen LogP contribution in [0.15, 0.2) is 29.8 Å². The summed E-state index contributed by atoms with van der Waals surface area (Å²) >= 11 is 1.79. The lowest BCUT2D eigenvalue weighted by molar-refractivity contribution is 0.473. The molecule has 0 aliphatic heterocycles. The van der Waals surface area contributed by atoms with E-state index in [0.717, 1.165) is 0 Å². The molecule has 2 atom stereocenters. The number of hydrogen-bond donors (Lipinski definition) is 1. The summed E-state index contributed by atoms with van der Waals surface area (Å²) in [6.07, 6.45) is 1.84. The Morgan fingerprint density at radius 2 is 2.12 bits per heavy atom. The van der Waals surface area contributed by atoms with Crippen LogP contribution in [-0.4, -0.2) is 9.78 Å². The first kappa shape index (κ1) is 11.4. The molecule has 2 aromatic rings. The van der Waals surface area contributed by atoms with Gasteiger partial charge in [0.25, 0.3) is 0 Å². The molecule has 86 valence electrons. The highest BCUT2D eigenvalue weighted by Crippen LogP contribution is 2.22. The maximum Gasteiger partial charge on any atom is 0.0547 e. The van der Waals surface area contributed by atoms with Crippen molar-refractivity contribution in [3.63, 3.8) is 0 Å². The van der Waals surface area contributed by atoms with Gasteiger partial charge in [-0.05, 0) is 31.4 Å². The van der Waals surface area contributed by atoms with Gasteiger partial charge in [-0.2, -0.15) is 5.10 Å². The molecule has 0 aliphatic carbocycles. The van der Waals surface area contributed by atoms with Crippen LogP contribution >= 0.6 is 11.3 Å². The zero-order chi connectivity index (χ0) is 11.5. The molecule has 0 bridgehead atoms. The third-order valence-corrected chi connectivity index (χ3v) is 3.83. The highest BCUT2D eigenvalue weighted by Gasteiger charge is 2.13. The second-order valence-corrected chi connectivity index (χ2v) is 4.98. The zero-order valence-electron chi connectivity index (χ0n) is 9.84. The van der Waals surface area contributed by atoms with E-state index in [0.29, 0.717) is 12.1 Å². The summed E-state index contributed by atoms with van der Waals surface area (Å²) in [5.41, 5.74) is 1.21. The molecule has 16 heavy (non-hydrogen) atoms. The van der Waals surface area contributed by atoms with Gasteiger partial charge < -0.3 is 5.32 Å². The van der Waals surface area contributed by atoms with Crippen molar-refractivity contribution in [2.24, 2.45) is 7.05 Å². The summed E-state index contributed by atoms with van der Waals surface area (Å²) in [7, 11) is 1.98. The van der Waals surface area contributed by atoms with Crippen LogP contribution in [0.25, 0.3) is 0 Å². The molecule has 0 radical (unpaired) electrons. The smallest absolute Gasteiger partial charge is 0.0547 e. The van der Waals surface area contributed by atoms with Gasteiger partial charge in [0.2, 0.25) is 0 Å². The number of nitrogens with one attached hydrogen (secondary N) is 1. The minimum Gasteiger partial charge on any atom is -0.301 e. The van der Waals surface area contributed by atoms with E-state index in [9.17, 15) is 0 Å². The highest BCUT2D eigenvalue weighted by molar-refractivity contribution is 7.10. The minimum absolute atomic E-state index is 0.310.